The SMILES string of the molecule is Cc1cc2nc(NC3CCC(CNc4ncc(C(F)(F)C(=O)NC5COC5)cn4)CC3)ccc2cc1Cl. The second kappa shape index (κ2) is 10.7. The number of nitrogens with one attached hydrogen (secondary N) is 3. The molecule has 11 heteroatoms. The van der Waals surface area contributed by atoms with Crippen LogP contribution in [0.1, 0.15) is 36.8 Å². The van der Waals surface area contributed by atoms with Crippen molar-refractivity contribution in [3.05, 3.63) is 52.8 Å². The van der Waals surface area contributed by atoms with E-state index in [2.05, 4.69) is 25.9 Å². The molecular weight excluding hydrogens is 502 g/mol. The van der Waals surface area contributed by atoms with Crippen molar-refractivity contribution in [3.63, 3.8) is 0 Å². The number of hydrogen-bond donors (Lipinski definition) is 3. The lowest BCUT2D eigenvalue weighted by molar-refractivity contribution is -0.151. The average molecular weight is 531 g/mol. The van der Waals surface area contributed by atoms with Gasteiger partial charge >= 0.3 is 5.92 Å². The van der Waals surface area contributed by atoms with Crippen molar-refractivity contribution < 1.29 is 18.3 Å². The molecular formula is C26H29ClF2N6O2. The minimum Gasteiger partial charge on any atom is -0.377 e. The number of nitrogens with zero attached hydrogens (tertiary/aromatic N) is 3. The van der Waals surface area contributed by atoms with Gasteiger partial charge in [-0.1, -0.05) is 11.6 Å². The van der Waals surface area contributed by atoms with Crippen LogP contribution < -0.4 is 16.0 Å². The number of benzene rings is 1. The van der Waals surface area contributed by atoms with Crippen LogP contribution in [-0.4, -0.2) is 52.7 Å². The molecule has 1 saturated heterocycles. The van der Waals surface area contributed by atoms with E-state index in [1.807, 2.05) is 31.2 Å². The molecule has 2 aromatic heterocycles. The Kier molecular flexibility index (Phi) is 7.39. The highest BCUT2D eigenvalue weighted by atomic mass is 35.5. The molecule has 2 fully saturated rings. The molecule has 2 aliphatic rings. The Labute approximate surface area is 218 Å². The predicted molar refractivity (Wildman–Crippen MR) is 138 cm³/mol. The molecule has 8 nitrogen and oxygen atoms in total. The summed E-state index contributed by atoms with van der Waals surface area (Å²) in [5.41, 5.74) is 1.38. The summed E-state index contributed by atoms with van der Waals surface area (Å²) in [4.78, 5) is 24.6. The topological polar surface area (TPSA) is 101 Å². The molecule has 1 saturated carbocycles. The van der Waals surface area contributed by atoms with E-state index in [0.29, 0.717) is 18.5 Å². The van der Waals surface area contributed by atoms with Crippen molar-refractivity contribution in [2.75, 3.05) is 30.4 Å². The quantitative estimate of drug-likeness (QED) is 0.389. The fourth-order valence-electron chi connectivity index (χ4n) is 4.59. The Bertz CT molecular complexity index is 1260. The van der Waals surface area contributed by atoms with E-state index in [0.717, 1.165) is 65.4 Å². The molecule has 0 atom stereocenters. The fourth-order valence-corrected chi connectivity index (χ4v) is 4.76. The Balaban J connectivity index is 1.08. The van der Waals surface area contributed by atoms with Gasteiger partial charge in [0.1, 0.15) is 5.82 Å². The van der Waals surface area contributed by atoms with Gasteiger partial charge in [0.15, 0.2) is 0 Å². The highest BCUT2D eigenvalue weighted by Gasteiger charge is 2.43. The van der Waals surface area contributed by atoms with Gasteiger partial charge in [0.25, 0.3) is 5.91 Å². The van der Waals surface area contributed by atoms with Crippen LogP contribution in [0.15, 0.2) is 36.7 Å². The van der Waals surface area contributed by atoms with Gasteiger partial charge in [-0.05, 0) is 68.4 Å². The second-order valence-electron chi connectivity index (χ2n) is 9.81. The maximum absolute atomic E-state index is 14.4. The maximum atomic E-state index is 14.4. The van der Waals surface area contributed by atoms with Gasteiger partial charge in [0.05, 0.1) is 30.3 Å². The molecule has 0 radical (unpaired) electrons. The average Bonchev–Trinajstić information content (AvgIpc) is 2.87. The van der Waals surface area contributed by atoms with Gasteiger partial charge in [-0.25, -0.2) is 15.0 Å². The molecule has 3 N–H and O–H groups in total. The lowest BCUT2D eigenvalue weighted by atomic mass is 9.86. The number of rotatable bonds is 8. The lowest BCUT2D eigenvalue weighted by Crippen LogP contribution is -2.52. The van der Waals surface area contributed by atoms with E-state index in [1.165, 1.54) is 0 Å². The highest BCUT2D eigenvalue weighted by molar-refractivity contribution is 6.32. The first-order valence-corrected chi connectivity index (χ1v) is 12.8. The molecule has 1 aliphatic heterocycles. The molecule has 0 spiro atoms. The summed E-state index contributed by atoms with van der Waals surface area (Å²) in [6.07, 6.45) is 6.01. The molecule has 3 heterocycles. The van der Waals surface area contributed by atoms with E-state index >= 15 is 0 Å². The van der Waals surface area contributed by atoms with Crippen molar-refractivity contribution in [2.45, 2.75) is 50.6 Å². The summed E-state index contributed by atoms with van der Waals surface area (Å²) in [5.74, 6) is -3.52. The highest BCUT2D eigenvalue weighted by Crippen LogP contribution is 2.30. The fraction of sp³-hybridized carbons (Fsp3) is 0.462. The molecule has 1 amide bonds. The van der Waals surface area contributed by atoms with E-state index in [1.54, 1.807) is 0 Å². The third kappa shape index (κ3) is 5.91. The monoisotopic (exact) mass is 530 g/mol. The predicted octanol–water partition coefficient (Wildman–Crippen LogP) is 4.68. The number of carbonyl (C=O) groups is 1. The van der Waals surface area contributed by atoms with Gasteiger partial charge in [0, 0.05) is 35.4 Å². The van der Waals surface area contributed by atoms with Crippen molar-refractivity contribution in [1.29, 1.82) is 0 Å². The summed E-state index contributed by atoms with van der Waals surface area (Å²) in [7, 11) is 0. The number of amides is 1. The van der Waals surface area contributed by atoms with Crippen LogP contribution in [0, 0.1) is 12.8 Å². The number of hydrogen-bond acceptors (Lipinski definition) is 7. The number of carbonyl (C=O) groups excluding carboxylic acids is 1. The third-order valence-corrected chi connectivity index (χ3v) is 7.40. The first-order chi connectivity index (χ1) is 17.8. The Morgan fingerprint density at radius 3 is 2.51 bits per heavy atom. The van der Waals surface area contributed by atoms with Gasteiger partial charge in [-0.2, -0.15) is 8.78 Å². The normalized spacial score (nSPS) is 20.3. The number of halogens is 3. The molecule has 196 valence electrons. The largest absolute Gasteiger partial charge is 0.377 e. The number of fused-ring (bicyclic) bond motifs is 1. The van der Waals surface area contributed by atoms with E-state index in [4.69, 9.17) is 21.3 Å². The smallest absolute Gasteiger partial charge is 0.352 e. The van der Waals surface area contributed by atoms with Gasteiger partial charge < -0.3 is 20.7 Å². The number of pyridine rings is 1. The molecule has 5 rings (SSSR count). The van der Waals surface area contributed by atoms with Gasteiger partial charge in [-0.15, -0.1) is 0 Å². The zero-order valence-corrected chi connectivity index (χ0v) is 21.2. The summed E-state index contributed by atoms with van der Waals surface area (Å²) >= 11 is 6.21. The van der Waals surface area contributed by atoms with E-state index in [9.17, 15) is 13.6 Å². The molecule has 3 aromatic rings. The number of aryl methyl sites for hydroxylation is 1. The summed E-state index contributed by atoms with van der Waals surface area (Å²) in [5, 5.41) is 10.7. The van der Waals surface area contributed by atoms with E-state index in [-0.39, 0.29) is 25.2 Å². The van der Waals surface area contributed by atoms with Crippen LogP contribution in [0.25, 0.3) is 10.9 Å². The van der Waals surface area contributed by atoms with E-state index < -0.39 is 17.4 Å². The summed E-state index contributed by atoms with van der Waals surface area (Å²) in [6.45, 7) is 3.11. The first kappa shape index (κ1) is 25.5. The lowest BCUT2D eigenvalue weighted by Gasteiger charge is -2.29. The number of aromatic nitrogens is 3. The van der Waals surface area contributed by atoms with Gasteiger partial charge in [-0.3, -0.25) is 4.79 Å². The summed E-state index contributed by atoms with van der Waals surface area (Å²) < 4.78 is 33.7. The Morgan fingerprint density at radius 2 is 1.84 bits per heavy atom. The number of alkyl halides is 2. The minimum absolute atomic E-state index is 0.245. The zero-order valence-electron chi connectivity index (χ0n) is 20.4. The van der Waals surface area contributed by atoms with Crippen LogP contribution in [-0.2, 0) is 15.5 Å². The Morgan fingerprint density at radius 1 is 1.11 bits per heavy atom. The molecule has 37 heavy (non-hydrogen) atoms. The molecule has 1 aromatic carbocycles. The first-order valence-electron chi connectivity index (χ1n) is 12.4. The van der Waals surface area contributed by atoms with Crippen molar-refractivity contribution in [1.82, 2.24) is 20.3 Å². The maximum Gasteiger partial charge on any atom is 0.352 e. The van der Waals surface area contributed by atoms with Crippen molar-refractivity contribution >= 4 is 40.2 Å². The van der Waals surface area contributed by atoms with Gasteiger partial charge in [0.2, 0.25) is 5.95 Å². The standard InChI is InChI=1S/C26H29ClF2N6O2/c1-15-8-22-17(9-21(15)27)4-7-23(35-22)33-19-5-2-16(3-6-19)10-30-25-31-11-18(12-32-25)26(28,29)24(36)34-20-13-37-14-20/h4,7-9,11-12,16,19-20H,2-3,5-6,10,13-14H2,1H3,(H,33,35)(H,34,36)(H,30,31,32). The second-order valence-corrected chi connectivity index (χ2v) is 10.2. The number of ether oxygens (including phenoxy) is 1. The minimum atomic E-state index is -3.70. The molecule has 0 bridgehead atoms. The zero-order chi connectivity index (χ0) is 26.0. The van der Waals surface area contributed by atoms with Crippen LogP contribution >= 0.6 is 11.6 Å². The van der Waals surface area contributed by atoms with Crippen LogP contribution in [0.3, 0.4) is 0 Å². The van der Waals surface area contributed by atoms with Crippen LogP contribution in [0.2, 0.25) is 5.02 Å². The third-order valence-electron chi connectivity index (χ3n) is 6.99. The molecule has 1 aliphatic carbocycles. The van der Waals surface area contributed by atoms with Crippen molar-refractivity contribution in [2.24, 2.45) is 5.92 Å². The van der Waals surface area contributed by atoms with Crippen LogP contribution in [0.4, 0.5) is 20.5 Å². The number of anilines is 2. The Hall–Kier alpha value is -3.11. The molecule has 0 unspecified atom stereocenters. The van der Waals surface area contributed by atoms with Crippen LogP contribution in [0.5, 0.6) is 0 Å². The van der Waals surface area contributed by atoms with Crippen molar-refractivity contribution in [3.8, 4) is 0 Å². The summed E-state index contributed by atoms with van der Waals surface area (Å²) in [6, 6.07) is 7.91.